The number of hydrogen-bond donors (Lipinski definition) is 1. The Morgan fingerprint density at radius 2 is 1.95 bits per heavy atom. The summed E-state index contributed by atoms with van der Waals surface area (Å²) in [6.07, 6.45) is 0. The molecule has 2 rings (SSSR count). The smallest absolute Gasteiger partial charge is 0.336 e. The van der Waals surface area contributed by atoms with Crippen molar-refractivity contribution in [3.05, 3.63) is 45.3 Å². The summed E-state index contributed by atoms with van der Waals surface area (Å²) in [5.41, 5.74) is 3.76. The van der Waals surface area contributed by atoms with Crippen LogP contribution >= 0.6 is 0 Å². The van der Waals surface area contributed by atoms with Gasteiger partial charge in [0.15, 0.2) is 0 Å². The highest BCUT2D eigenvalue weighted by Crippen LogP contribution is 2.26. The average molecular weight is 303 g/mol. The molecule has 120 valence electrons. The first-order chi connectivity index (χ1) is 10.4. The molecular formula is C18H25NO3. The van der Waals surface area contributed by atoms with E-state index in [9.17, 15) is 4.79 Å². The summed E-state index contributed by atoms with van der Waals surface area (Å²) in [5.74, 6) is 0.435. The quantitative estimate of drug-likeness (QED) is 0.832. The first-order valence-electron chi connectivity index (χ1n) is 7.72. The van der Waals surface area contributed by atoms with Gasteiger partial charge in [0.2, 0.25) is 0 Å². The van der Waals surface area contributed by atoms with Crippen LogP contribution < -0.4 is 10.9 Å². The van der Waals surface area contributed by atoms with E-state index >= 15 is 0 Å². The molecule has 0 saturated heterocycles. The number of rotatable bonds is 6. The molecule has 1 heterocycles. The third kappa shape index (κ3) is 3.76. The highest BCUT2D eigenvalue weighted by Gasteiger charge is 2.12. The normalized spacial score (nSPS) is 13.0. The molecule has 0 aliphatic heterocycles. The van der Waals surface area contributed by atoms with Crippen LogP contribution in [-0.4, -0.2) is 19.8 Å². The maximum Gasteiger partial charge on any atom is 0.336 e. The third-order valence-electron chi connectivity index (χ3n) is 3.90. The molecule has 0 amide bonds. The van der Waals surface area contributed by atoms with Crippen LogP contribution in [-0.2, 0) is 11.3 Å². The highest BCUT2D eigenvalue weighted by molar-refractivity contribution is 5.82. The highest BCUT2D eigenvalue weighted by atomic mass is 16.5. The van der Waals surface area contributed by atoms with Gasteiger partial charge < -0.3 is 14.5 Å². The van der Waals surface area contributed by atoms with Crippen molar-refractivity contribution in [3.8, 4) is 0 Å². The van der Waals surface area contributed by atoms with Crippen molar-refractivity contribution in [2.45, 2.75) is 46.2 Å². The number of methoxy groups -OCH3 is 1. The zero-order valence-electron chi connectivity index (χ0n) is 14.0. The Balaban J connectivity index is 2.43. The molecule has 0 spiro atoms. The van der Waals surface area contributed by atoms with Crippen molar-refractivity contribution in [1.29, 1.82) is 0 Å². The van der Waals surface area contributed by atoms with Gasteiger partial charge in [-0.25, -0.2) is 4.79 Å². The largest absolute Gasteiger partial charge is 0.423 e. The maximum absolute atomic E-state index is 11.8. The molecule has 0 radical (unpaired) electrons. The second kappa shape index (κ2) is 7.07. The lowest BCUT2D eigenvalue weighted by Gasteiger charge is -2.15. The minimum absolute atomic E-state index is 0.224. The van der Waals surface area contributed by atoms with Gasteiger partial charge in [-0.2, -0.15) is 0 Å². The van der Waals surface area contributed by atoms with Crippen LogP contribution in [0.15, 0.2) is 27.4 Å². The van der Waals surface area contributed by atoms with Crippen molar-refractivity contribution in [2.24, 2.45) is 0 Å². The van der Waals surface area contributed by atoms with E-state index < -0.39 is 0 Å². The molecule has 1 aromatic carbocycles. The summed E-state index contributed by atoms with van der Waals surface area (Å²) in [6.45, 7) is 9.71. The zero-order valence-corrected chi connectivity index (χ0v) is 14.0. The van der Waals surface area contributed by atoms with Gasteiger partial charge in [0, 0.05) is 31.1 Å². The maximum atomic E-state index is 11.8. The Morgan fingerprint density at radius 3 is 2.59 bits per heavy atom. The molecule has 0 unspecified atom stereocenters. The van der Waals surface area contributed by atoms with Crippen molar-refractivity contribution in [2.75, 3.05) is 13.7 Å². The van der Waals surface area contributed by atoms with Crippen LogP contribution in [0.25, 0.3) is 11.0 Å². The Morgan fingerprint density at radius 1 is 1.23 bits per heavy atom. The van der Waals surface area contributed by atoms with Crippen molar-refractivity contribution < 1.29 is 9.15 Å². The molecule has 0 aliphatic carbocycles. The molecule has 0 aliphatic rings. The number of hydrogen-bond acceptors (Lipinski definition) is 4. The summed E-state index contributed by atoms with van der Waals surface area (Å²) in [6, 6.07) is 5.92. The van der Waals surface area contributed by atoms with E-state index in [1.54, 1.807) is 13.2 Å². The van der Waals surface area contributed by atoms with Crippen LogP contribution in [0, 0.1) is 6.92 Å². The molecule has 4 nitrogen and oxygen atoms in total. The standard InChI is InChI=1S/C18H25NO3/c1-11(2)15-8-16-14(9-19-13(4)10-21-5)7-18(20)22-17(16)6-12(15)3/h6-8,11,13,19H,9-10H2,1-5H3/t13-/m1/s1. The van der Waals surface area contributed by atoms with Gasteiger partial charge in [-0.05, 0) is 48.6 Å². The fourth-order valence-corrected chi connectivity index (χ4v) is 2.75. The number of nitrogens with one attached hydrogen (secondary N) is 1. The van der Waals surface area contributed by atoms with Crippen LogP contribution in [0.3, 0.4) is 0 Å². The molecule has 2 aromatic rings. The number of benzene rings is 1. The minimum atomic E-state index is -0.305. The van der Waals surface area contributed by atoms with Gasteiger partial charge in [0.05, 0.1) is 6.61 Å². The lowest BCUT2D eigenvalue weighted by atomic mass is 9.95. The molecule has 1 N–H and O–H groups in total. The van der Waals surface area contributed by atoms with Gasteiger partial charge in [-0.1, -0.05) is 13.8 Å². The van der Waals surface area contributed by atoms with E-state index in [0.29, 0.717) is 24.7 Å². The summed E-state index contributed by atoms with van der Waals surface area (Å²) in [5, 5.41) is 4.38. The first kappa shape index (κ1) is 16.7. The molecule has 1 aromatic heterocycles. The van der Waals surface area contributed by atoms with E-state index in [0.717, 1.165) is 16.5 Å². The van der Waals surface area contributed by atoms with Gasteiger partial charge in [-0.3, -0.25) is 0 Å². The minimum Gasteiger partial charge on any atom is -0.423 e. The zero-order chi connectivity index (χ0) is 16.3. The van der Waals surface area contributed by atoms with Gasteiger partial charge in [-0.15, -0.1) is 0 Å². The molecule has 0 saturated carbocycles. The molecule has 0 fully saturated rings. The van der Waals surface area contributed by atoms with Crippen LogP contribution in [0.2, 0.25) is 0 Å². The summed E-state index contributed by atoms with van der Waals surface area (Å²) in [4.78, 5) is 11.8. The molecule has 4 heteroatoms. The van der Waals surface area contributed by atoms with Crippen LogP contribution in [0.4, 0.5) is 0 Å². The second-order valence-electron chi connectivity index (χ2n) is 6.19. The van der Waals surface area contributed by atoms with Gasteiger partial charge >= 0.3 is 5.63 Å². The summed E-state index contributed by atoms with van der Waals surface area (Å²) >= 11 is 0. The Bertz CT molecular complexity index is 703. The fourth-order valence-electron chi connectivity index (χ4n) is 2.75. The second-order valence-corrected chi connectivity index (χ2v) is 6.19. The van der Waals surface area contributed by atoms with Crippen molar-refractivity contribution in [3.63, 3.8) is 0 Å². The van der Waals surface area contributed by atoms with Crippen LogP contribution in [0.5, 0.6) is 0 Å². The van der Waals surface area contributed by atoms with E-state index in [1.165, 1.54) is 5.56 Å². The van der Waals surface area contributed by atoms with E-state index in [1.807, 2.05) is 6.07 Å². The number of fused-ring (bicyclic) bond motifs is 1. The molecule has 22 heavy (non-hydrogen) atoms. The lowest BCUT2D eigenvalue weighted by molar-refractivity contribution is 0.171. The average Bonchev–Trinajstić information content (AvgIpc) is 2.43. The number of ether oxygens (including phenoxy) is 1. The van der Waals surface area contributed by atoms with Crippen molar-refractivity contribution in [1.82, 2.24) is 5.32 Å². The SMILES string of the molecule is COC[C@@H](C)NCc1cc(=O)oc2cc(C)c(C(C)C)cc12. The first-order valence-corrected chi connectivity index (χ1v) is 7.72. The van der Waals surface area contributed by atoms with E-state index in [4.69, 9.17) is 9.15 Å². The lowest BCUT2D eigenvalue weighted by Crippen LogP contribution is -2.29. The Kier molecular flexibility index (Phi) is 5.37. The van der Waals surface area contributed by atoms with Gasteiger partial charge in [0.25, 0.3) is 0 Å². The third-order valence-corrected chi connectivity index (χ3v) is 3.90. The van der Waals surface area contributed by atoms with Crippen LogP contribution in [0.1, 0.15) is 43.4 Å². The Hall–Kier alpha value is -1.65. The van der Waals surface area contributed by atoms with Gasteiger partial charge in [0.1, 0.15) is 5.58 Å². The monoisotopic (exact) mass is 303 g/mol. The fraction of sp³-hybridized carbons (Fsp3) is 0.500. The predicted octanol–water partition coefficient (Wildman–Crippen LogP) is 3.35. The summed E-state index contributed by atoms with van der Waals surface area (Å²) < 4.78 is 10.5. The predicted molar refractivity (Wildman–Crippen MR) is 89.5 cm³/mol. The van der Waals surface area contributed by atoms with E-state index in [-0.39, 0.29) is 11.7 Å². The van der Waals surface area contributed by atoms with E-state index in [2.05, 4.69) is 39.1 Å². The molecule has 0 bridgehead atoms. The summed E-state index contributed by atoms with van der Waals surface area (Å²) in [7, 11) is 1.68. The number of aryl methyl sites for hydroxylation is 1. The topological polar surface area (TPSA) is 51.5 Å². The van der Waals surface area contributed by atoms with Crippen molar-refractivity contribution >= 4 is 11.0 Å². The molecular weight excluding hydrogens is 278 g/mol. The Labute approximate surface area is 131 Å². The molecule has 1 atom stereocenters.